The molecule has 174 valence electrons. The lowest BCUT2D eigenvalue weighted by molar-refractivity contribution is -0.143. The van der Waals surface area contributed by atoms with Gasteiger partial charge in [-0.25, -0.2) is 0 Å². The summed E-state index contributed by atoms with van der Waals surface area (Å²) < 4.78 is 11.8. The second kappa shape index (κ2) is 10.9. The van der Waals surface area contributed by atoms with Crippen LogP contribution in [0.5, 0.6) is 11.5 Å². The zero-order chi connectivity index (χ0) is 23.3. The number of amides is 1. The molecule has 0 spiro atoms. The predicted molar refractivity (Wildman–Crippen MR) is 125 cm³/mol. The number of fused-ring (bicyclic) bond motifs is 1. The Morgan fingerprint density at radius 2 is 2.03 bits per heavy atom. The van der Waals surface area contributed by atoms with E-state index in [1.807, 2.05) is 25.1 Å². The van der Waals surface area contributed by atoms with Crippen molar-refractivity contribution in [3.05, 3.63) is 40.6 Å². The third kappa shape index (κ3) is 5.85. The molecule has 1 amide bonds. The van der Waals surface area contributed by atoms with Crippen LogP contribution in [0, 0.1) is 11.8 Å². The molecule has 1 aromatic carbocycles. The molecule has 7 heteroatoms. The first-order valence-corrected chi connectivity index (χ1v) is 11.8. The molecule has 0 aromatic heterocycles. The topological polar surface area (TPSA) is 84.9 Å². The van der Waals surface area contributed by atoms with Crippen molar-refractivity contribution in [3.63, 3.8) is 0 Å². The molecule has 2 aliphatic rings. The number of allylic oxidation sites excluding steroid dienone is 3. The molecule has 1 atom stereocenters. The van der Waals surface area contributed by atoms with Crippen LogP contribution in [-0.2, 0) is 9.59 Å². The van der Waals surface area contributed by atoms with Crippen molar-refractivity contribution in [2.45, 2.75) is 65.4 Å². The van der Waals surface area contributed by atoms with Crippen LogP contribution in [0.2, 0.25) is 5.02 Å². The van der Waals surface area contributed by atoms with Crippen LogP contribution in [0.15, 0.2) is 30.0 Å². The normalized spacial score (nSPS) is 22.4. The maximum absolute atomic E-state index is 12.6. The number of hydrogen-bond donors (Lipinski definition) is 2. The van der Waals surface area contributed by atoms with Crippen LogP contribution in [0.1, 0.15) is 64.9 Å². The molecular formula is C25H32ClNO5. The number of aliphatic carboxylic acids is 1. The first kappa shape index (κ1) is 24.2. The Bertz CT molecular complexity index is 915. The number of hydrogen-bond acceptors (Lipinski definition) is 4. The van der Waals surface area contributed by atoms with Gasteiger partial charge in [-0.15, -0.1) is 0 Å². The summed E-state index contributed by atoms with van der Waals surface area (Å²) in [5, 5.41) is 12.5. The summed E-state index contributed by atoms with van der Waals surface area (Å²) in [5.41, 5.74) is 2.11. The Morgan fingerprint density at radius 3 is 2.66 bits per heavy atom. The highest BCUT2D eigenvalue weighted by molar-refractivity contribution is 6.32. The van der Waals surface area contributed by atoms with Gasteiger partial charge in [-0.05, 0) is 75.7 Å². The molecule has 1 aromatic rings. The lowest BCUT2D eigenvalue weighted by Crippen LogP contribution is -2.39. The molecule has 1 unspecified atom stereocenters. The minimum absolute atomic E-state index is 0.222. The second-order valence-electron chi connectivity index (χ2n) is 8.55. The van der Waals surface area contributed by atoms with Gasteiger partial charge in [-0.3, -0.25) is 9.59 Å². The van der Waals surface area contributed by atoms with Gasteiger partial charge < -0.3 is 19.9 Å². The van der Waals surface area contributed by atoms with E-state index in [2.05, 4.69) is 12.2 Å². The highest BCUT2D eigenvalue weighted by Gasteiger charge is 2.27. The summed E-state index contributed by atoms with van der Waals surface area (Å²) >= 11 is 6.48. The zero-order valence-corrected chi connectivity index (χ0v) is 19.7. The van der Waals surface area contributed by atoms with Crippen molar-refractivity contribution >= 4 is 29.1 Å². The Labute approximate surface area is 194 Å². The van der Waals surface area contributed by atoms with Crippen molar-refractivity contribution in [2.24, 2.45) is 11.8 Å². The third-order valence-electron chi connectivity index (χ3n) is 6.16. The van der Waals surface area contributed by atoms with Gasteiger partial charge in [-0.1, -0.05) is 24.9 Å². The molecule has 1 aliphatic carbocycles. The van der Waals surface area contributed by atoms with Crippen LogP contribution in [0.4, 0.5) is 0 Å². The maximum Gasteiger partial charge on any atom is 0.306 e. The monoisotopic (exact) mass is 461 g/mol. The fourth-order valence-corrected chi connectivity index (χ4v) is 4.44. The minimum atomic E-state index is -0.726. The van der Waals surface area contributed by atoms with Crippen LogP contribution in [-0.4, -0.2) is 29.6 Å². The van der Waals surface area contributed by atoms with E-state index in [1.54, 1.807) is 13.0 Å². The van der Waals surface area contributed by atoms with Crippen molar-refractivity contribution in [3.8, 4) is 11.5 Å². The Morgan fingerprint density at radius 1 is 1.31 bits per heavy atom. The lowest BCUT2D eigenvalue weighted by atomic mass is 9.82. The minimum Gasteiger partial charge on any atom is -0.481 e. The molecule has 6 nitrogen and oxygen atoms in total. The average molecular weight is 462 g/mol. The van der Waals surface area contributed by atoms with Crippen molar-refractivity contribution in [1.29, 1.82) is 0 Å². The smallest absolute Gasteiger partial charge is 0.306 e. The molecular weight excluding hydrogens is 430 g/mol. The van der Waals surface area contributed by atoms with Gasteiger partial charge in [0.25, 0.3) is 5.91 Å². The highest BCUT2D eigenvalue weighted by Crippen LogP contribution is 2.42. The predicted octanol–water partition coefficient (Wildman–Crippen LogP) is 5.59. The largest absolute Gasteiger partial charge is 0.481 e. The van der Waals surface area contributed by atoms with Gasteiger partial charge in [0.2, 0.25) is 0 Å². The first-order chi connectivity index (χ1) is 15.3. The van der Waals surface area contributed by atoms with Crippen LogP contribution >= 0.6 is 11.6 Å². The molecule has 32 heavy (non-hydrogen) atoms. The SMILES string of the molecule is C/C=C1/C=C(CCC)c2cc(Cl)c(OC(C)C(=O)NCC3CCC(C(=O)O)CC3)cc2O1. The highest BCUT2D eigenvalue weighted by atomic mass is 35.5. The Kier molecular flexibility index (Phi) is 8.24. The van der Waals surface area contributed by atoms with Gasteiger partial charge >= 0.3 is 5.97 Å². The molecule has 0 bridgehead atoms. The van der Waals surface area contributed by atoms with Gasteiger partial charge in [0, 0.05) is 18.2 Å². The zero-order valence-electron chi connectivity index (χ0n) is 18.9. The second-order valence-corrected chi connectivity index (χ2v) is 8.96. The van der Waals surface area contributed by atoms with E-state index in [0.29, 0.717) is 41.8 Å². The van der Waals surface area contributed by atoms with E-state index in [-0.39, 0.29) is 11.8 Å². The number of rotatable bonds is 8. The van der Waals surface area contributed by atoms with Crippen LogP contribution < -0.4 is 14.8 Å². The fourth-order valence-electron chi connectivity index (χ4n) is 4.23. The summed E-state index contributed by atoms with van der Waals surface area (Å²) in [6.07, 6.45) is 8.07. The number of nitrogens with one attached hydrogen (secondary N) is 1. The van der Waals surface area contributed by atoms with Crippen molar-refractivity contribution < 1.29 is 24.2 Å². The number of carboxylic acid groups (broad SMARTS) is 1. The molecule has 0 radical (unpaired) electrons. The summed E-state index contributed by atoms with van der Waals surface area (Å²) in [5.74, 6) is 0.950. The van der Waals surface area contributed by atoms with Crippen molar-refractivity contribution in [2.75, 3.05) is 6.54 Å². The molecule has 1 saturated carbocycles. The average Bonchev–Trinajstić information content (AvgIpc) is 2.78. The van der Waals surface area contributed by atoms with Gasteiger partial charge in [0.1, 0.15) is 17.3 Å². The number of ether oxygens (including phenoxy) is 2. The van der Waals surface area contributed by atoms with Gasteiger partial charge in [0.05, 0.1) is 10.9 Å². The van der Waals surface area contributed by atoms with Gasteiger partial charge in [0.15, 0.2) is 6.10 Å². The number of carbonyl (C=O) groups excluding carboxylic acids is 1. The van der Waals surface area contributed by atoms with E-state index in [1.165, 1.54) is 5.57 Å². The van der Waals surface area contributed by atoms with E-state index in [4.69, 9.17) is 26.2 Å². The van der Waals surface area contributed by atoms with E-state index >= 15 is 0 Å². The van der Waals surface area contributed by atoms with E-state index in [9.17, 15) is 9.59 Å². The summed E-state index contributed by atoms with van der Waals surface area (Å²) in [7, 11) is 0. The fraction of sp³-hybridized carbons (Fsp3) is 0.520. The van der Waals surface area contributed by atoms with Crippen molar-refractivity contribution in [1.82, 2.24) is 5.32 Å². The quantitative estimate of drug-likeness (QED) is 0.526. The number of halogens is 1. The summed E-state index contributed by atoms with van der Waals surface area (Å²) in [4.78, 5) is 23.7. The van der Waals surface area contributed by atoms with Crippen LogP contribution in [0.3, 0.4) is 0 Å². The van der Waals surface area contributed by atoms with E-state index in [0.717, 1.165) is 37.0 Å². The molecule has 2 N–H and O–H groups in total. The first-order valence-electron chi connectivity index (χ1n) is 11.4. The molecule has 0 saturated heterocycles. The Balaban J connectivity index is 1.60. The molecule has 1 aliphatic heterocycles. The van der Waals surface area contributed by atoms with Crippen LogP contribution in [0.25, 0.3) is 5.57 Å². The number of carboxylic acids is 1. The number of benzene rings is 1. The summed E-state index contributed by atoms with van der Waals surface area (Å²) in [6, 6.07) is 3.59. The molecule has 1 fully saturated rings. The van der Waals surface area contributed by atoms with E-state index < -0.39 is 12.1 Å². The van der Waals surface area contributed by atoms with Gasteiger partial charge in [-0.2, -0.15) is 0 Å². The molecule has 1 heterocycles. The standard InChI is InChI=1S/C25H32ClNO5/c1-4-6-18-11-19(5-2)32-22-13-23(21(26)12-20(18)22)31-15(3)24(28)27-14-16-7-9-17(10-8-16)25(29)30/h5,11-13,15-17H,4,6-10,14H2,1-3H3,(H,27,28)(H,29,30)/b19-5-. The lowest BCUT2D eigenvalue weighted by Gasteiger charge is -2.27. The summed E-state index contributed by atoms with van der Waals surface area (Å²) in [6.45, 7) is 6.26. The number of carbonyl (C=O) groups is 2. The maximum atomic E-state index is 12.6. The molecule has 3 rings (SSSR count). The Hall–Kier alpha value is -2.47. The third-order valence-corrected chi connectivity index (χ3v) is 6.46.